The van der Waals surface area contributed by atoms with E-state index >= 15 is 0 Å². The molecule has 0 aliphatic carbocycles. The van der Waals surface area contributed by atoms with Crippen LogP contribution in [0.1, 0.15) is 28.3 Å². The number of nitrogens with two attached hydrogens (primary N) is 1. The fourth-order valence-corrected chi connectivity index (χ4v) is 2.16. The van der Waals surface area contributed by atoms with E-state index in [0.717, 1.165) is 23.8 Å². The topological polar surface area (TPSA) is 38.0 Å². The molecule has 1 atom stereocenters. The van der Waals surface area contributed by atoms with E-state index in [1.807, 2.05) is 6.92 Å². The molecular formula is C15H14F4N2. The molecule has 0 heterocycles. The van der Waals surface area contributed by atoms with Gasteiger partial charge in [0.25, 0.3) is 0 Å². The summed E-state index contributed by atoms with van der Waals surface area (Å²) in [6.45, 7) is 1.86. The molecule has 0 fully saturated rings. The molecule has 2 aromatic carbocycles. The van der Waals surface area contributed by atoms with Crippen LogP contribution in [-0.2, 0) is 6.18 Å². The van der Waals surface area contributed by atoms with E-state index in [0.29, 0.717) is 5.56 Å². The summed E-state index contributed by atoms with van der Waals surface area (Å²) in [5.74, 6) is 4.65. The second kappa shape index (κ2) is 5.83. The van der Waals surface area contributed by atoms with E-state index in [-0.39, 0.29) is 5.56 Å². The van der Waals surface area contributed by atoms with E-state index in [9.17, 15) is 17.6 Å². The molecule has 0 aliphatic heterocycles. The third-order valence-corrected chi connectivity index (χ3v) is 3.21. The Labute approximate surface area is 119 Å². The maximum absolute atomic E-state index is 13.4. The van der Waals surface area contributed by atoms with Crippen LogP contribution >= 0.6 is 0 Å². The summed E-state index contributed by atoms with van der Waals surface area (Å²) in [7, 11) is 0. The molecule has 21 heavy (non-hydrogen) atoms. The smallest absolute Gasteiger partial charge is 0.271 e. The number of hydrogen-bond acceptors (Lipinski definition) is 2. The fraction of sp³-hybridized carbons (Fsp3) is 0.200. The first-order valence-electron chi connectivity index (χ1n) is 6.22. The summed E-state index contributed by atoms with van der Waals surface area (Å²) in [4.78, 5) is 0. The maximum Gasteiger partial charge on any atom is 0.416 e. The Balaban J connectivity index is 2.56. The van der Waals surface area contributed by atoms with Crippen molar-refractivity contribution >= 4 is 0 Å². The summed E-state index contributed by atoms with van der Waals surface area (Å²) < 4.78 is 52.6. The Kier molecular flexibility index (Phi) is 4.29. The molecule has 0 bridgehead atoms. The number of alkyl halides is 3. The molecule has 0 aromatic heterocycles. The van der Waals surface area contributed by atoms with Gasteiger partial charge in [0.2, 0.25) is 0 Å². The van der Waals surface area contributed by atoms with Crippen LogP contribution in [0.3, 0.4) is 0 Å². The lowest BCUT2D eigenvalue weighted by molar-refractivity contribution is -0.138. The predicted molar refractivity (Wildman–Crippen MR) is 71.7 cm³/mol. The lowest BCUT2D eigenvalue weighted by atomic mass is 9.94. The van der Waals surface area contributed by atoms with Crippen molar-refractivity contribution in [3.05, 3.63) is 70.5 Å². The normalized spacial score (nSPS) is 13.2. The molecule has 3 N–H and O–H groups in total. The Morgan fingerprint density at radius 2 is 1.67 bits per heavy atom. The highest BCUT2D eigenvalue weighted by molar-refractivity contribution is 5.39. The van der Waals surface area contributed by atoms with E-state index in [2.05, 4.69) is 5.43 Å². The van der Waals surface area contributed by atoms with Gasteiger partial charge in [0.05, 0.1) is 11.6 Å². The van der Waals surface area contributed by atoms with Gasteiger partial charge in [-0.15, -0.1) is 0 Å². The molecule has 112 valence electrons. The van der Waals surface area contributed by atoms with E-state index in [1.165, 1.54) is 0 Å². The average molecular weight is 298 g/mol. The van der Waals surface area contributed by atoms with Crippen LogP contribution < -0.4 is 11.3 Å². The molecule has 2 nitrogen and oxygen atoms in total. The fourth-order valence-electron chi connectivity index (χ4n) is 2.16. The van der Waals surface area contributed by atoms with E-state index in [4.69, 9.17) is 5.84 Å². The number of benzene rings is 2. The zero-order chi connectivity index (χ0) is 15.6. The van der Waals surface area contributed by atoms with Gasteiger partial charge in [-0.25, -0.2) is 9.82 Å². The number of nitrogens with one attached hydrogen (secondary N) is 1. The number of aryl methyl sites for hydroxylation is 1. The maximum atomic E-state index is 13.4. The van der Waals surface area contributed by atoms with Crippen LogP contribution in [-0.4, -0.2) is 0 Å². The Morgan fingerprint density at radius 1 is 1.05 bits per heavy atom. The van der Waals surface area contributed by atoms with E-state index < -0.39 is 23.6 Å². The van der Waals surface area contributed by atoms with E-state index in [1.54, 1.807) is 24.3 Å². The second-order valence-electron chi connectivity index (χ2n) is 4.74. The molecule has 1 unspecified atom stereocenters. The minimum atomic E-state index is -4.58. The third kappa shape index (κ3) is 3.40. The first-order valence-corrected chi connectivity index (χ1v) is 6.22. The highest BCUT2D eigenvalue weighted by atomic mass is 19.4. The Morgan fingerprint density at radius 3 is 2.19 bits per heavy atom. The van der Waals surface area contributed by atoms with Crippen LogP contribution in [0.4, 0.5) is 17.6 Å². The van der Waals surface area contributed by atoms with Crippen LogP contribution in [0.25, 0.3) is 0 Å². The summed E-state index contributed by atoms with van der Waals surface area (Å²) in [6, 6.07) is 8.25. The lowest BCUT2D eigenvalue weighted by Gasteiger charge is -2.21. The minimum absolute atomic E-state index is 0.242. The molecular weight excluding hydrogens is 284 g/mol. The van der Waals surface area contributed by atoms with Gasteiger partial charge >= 0.3 is 6.18 Å². The van der Waals surface area contributed by atoms with Crippen molar-refractivity contribution in [1.29, 1.82) is 0 Å². The predicted octanol–water partition coefficient (Wildman–Crippen LogP) is 3.71. The van der Waals surface area contributed by atoms with Crippen molar-refractivity contribution in [1.82, 2.24) is 5.43 Å². The van der Waals surface area contributed by atoms with Crippen molar-refractivity contribution in [2.45, 2.75) is 19.1 Å². The molecule has 0 spiro atoms. The van der Waals surface area contributed by atoms with Gasteiger partial charge in [0, 0.05) is 0 Å². The first kappa shape index (κ1) is 15.5. The molecule has 0 saturated heterocycles. The minimum Gasteiger partial charge on any atom is -0.271 e. The highest BCUT2D eigenvalue weighted by Gasteiger charge is 2.35. The Hall–Kier alpha value is -1.92. The lowest BCUT2D eigenvalue weighted by Crippen LogP contribution is -2.30. The molecule has 2 rings (SSSR count). The monoisotopic (exact) mass is 298 g/mol. The molecule has 0 radical (unpaired) electrons. The highest BCUT2D eigenvalue weighted by Crippen LogP contribution is 2.36. The zero-order valence-corrected chi connectivity index (χ0v) is 11.2. The summed E-state index contributed by atoms with van der Waals surface area (Å²) in [5, 5.41) is 0. The zero-order valence-electron chi connectivity index (χ0n) is 11.2. The van der Waals surface area contributed by atoms with Crippen molar-refractivity contribution in [2.75, 3.05) is 0 Å². The van der Waals surface area contributed by atoms with Gasteiger partial charge in [0.15, 0.2) is 0 Å². The Bertz CT molecular complexity index is 621. The molecule has 0 saturated carbocycles. The van der Waals surface area contributed by atoms with Crippen molar-refractivity contribution in [2.24, 2.45) is 5.84 Å². The first-order chi connectivity index (χ1) is 9.82. The molecule has 0 aliphatic rings. The van der Waals surface area contributed by atoms with Crippen molar-refractivity contribution in [3.63, 3.8) is 0 Å². The summed E-state index contributed by atoms with van der Waals surface area (Å²) >= 11 is 0. The van der Waals surface area contributed by atoms with Crippen LogP contribution in [0.2, 0.25) is 0 Å². The number of rotatable bonds is 3. The van der Waals surface area contributed by atoms with Gasteiger partial charge in [0.1, 0.15) is 5.82 Å². The largest absolute Gasteiger partial charge is 0.416 e. The summed E-state index contributed by atoms with van der Waals surface area (Å²) in [5.41, 5.74) is 2.67. The van der Waals surface area contributed by atoms with Gasteiger partial charge in [-0.05, 0) is 36.2 Å². The van der Waals surface area contributed by atoms with Crippen LogP contribution in [0.15, 0.2) is 42.5 Å². The SMILES string of the molecule is Cc1ccc(C(NN)c2cc(F)ccc2C(F)(F)F)cc1. The van der Waals surface area contributed by atoms with Gasteiger partial charge in [-0.3, -0.25) is 5.84 Å². The molecule has 0 amide bonds. The summed E-state index contributed by atoms with van der Waals surface area (Å²) in [6.07, 6.45) is -4.58. The standard InChI is InChI=1S/C15H14F4N2/c1-9-2-4-10(5-3-9)14(21-20)12-8-11(16)6-7-13(12)15(17,18)19/h2-8,14,21H,20H2,1H3. The van der Waals surface area contributed by atoms with Gasteiger partial charge in [-0.2, -0.15) is 13.2 Å². The van der Waals surface area contributed by atoms with Crippen LogP contribution in [0.5, 0.6) is 0 Å². The van der Waals surface area contributed by atoms with Crippen LogP contribution in [0, 0.1) is 12.7 Å². The number of halogens is 4. The van der Waals surface area contributed by atoms with Crippen molar-refractivity contribution < 1.29 is 17.6 Å². The van der Waals surface area contributed by atoms with Crippen molar-refractivity contribution in [3.8, 4) is 0 Å². The molecule has 2 aromatic rings. The van der Waals surface area contributed by atoms with Gasteiger partial charge in [-0.1, -0.05) is 29.8 Å². The quantitative estimate of drug-likeness (QED) is 0.515. The van der Waals surface area contributed by atoms with Gasteiger partial charge < -0.3 is 0 Å². The second-order valence-corrected chi connectivity index (χ2v) is 4.74. The number of hydrazine groups is 1. The average Bonchev–Trinajstić information content (AvgIpc) is 2.40. The number of hydrogen-bond donors (Lipinski definition) is 2. The molecule has 6 heteroatoms. The third-order valence-electron chi connectivity index (χ3n) is 3.21.